The van der Waals surface area contributed by atoms with Gasteiger partial charge in [-0.2, -0.15) is 0 Å². The van der Waals surface area contributed by atoms with Gasteiger partial charge < -0.3 is 30.8 Å². The molecule has 37 heavy (non-hydrogen) atoms. The van der Waals surface area contributed by atoms with E-state index in [1.807, 2.05) is 18.2 Å². The number of hydrogen-bond donors (Lipinski definition) is 3. The predicted octanol–water partition coefficient (Wildman–Crippen LogP) is -0.231. The van der Waals surface area contributed by atoms with Crippen LogP contribution in [-0.2, 0) is 30.5 Å². The summed E-state index contributed by atoms with van der Waals surface area (Å²) >= 11 is 7.06. The van der Waals surface area contributed by atoms with Crippen molar-refractivity contribution in [2.45, 2.75) is 31.0 Å². The maximum absolute atomic E-state index is 12.5. The second-order valence-corrected chi connectivity index (χ2v) is 9.65. The summed E-state index contributed by atoms with van der Waals surface area (Å²) in [6, 6.07) is 15.3. The van der Waals surface area contributed by atoms with Gasteiger partial charge in [0.05, 0.1) is 18.2 Å². The Hall–Kier alpha value is -3.38. The number of thioether (sulfide) groups is 1. The Morgan fingerprint density at radius 2 is 1.95 bits per heavy atom. The Balaban J connectivity index is 0.000000405. The lowest BCUT2D eigenvalue weighted by atomic mass is 10.0. The number of aliphatic hydroxyl groups excluding tert-OH is 1. The van der Waals surface area contributed by atoms with Crippen molar-refractivity contribution >= 4 is 47.1 Å². The number of esters is 1. The first kappa shape index (κ1) is 28.2. The summed E-state index contributed by atoms with van der Waals surface area (Å²) in [5.74, 6) is -3.45. The number of nitrogens with one attached hydrogen (secondary N) is 1. The molecule has 196 valence electrons. The number of ether oxygens (including phenoxy) is 1. The van der Waals surface area contributed by atoms with Gasteiger partial charge in [0.1, 0.15) is 18.0 Å². The quantitative estimate of drug-likeness (QED) is 0.316. The van der Waals surface area contributed by atoms with Crippen molar-refractivity contribution < 1.29 is 39.9 Å². The van der Waals surface area contributed by atoms with E-state index in [0.717, 1.165) is 11.4 Å². The molecule has 4 rings (SSSR count). The molecule has 5 N–H and O–H groups in total. The number of carboxylic acids is 1. The van der Waals surface area contributed by atoms with Crippen LogP contribution in [0.2, 0.25) is 5.02 Å². The molecule has 2 aromatic rings. The van der Waals surface area contributed by atoms with E-state index in [4.69, 9.17) is 16.3 Å². The fourth-order valence-corrected chi connectivity index (χ4v) is 5.20. The van der Waals surface area contributed by atoms with E-state index in [9.17, 15) is 29.4 Å². The highest BCUT2D eigenvalue weighted by Gasteiger charge is 2.53. The molecular formula is C25H26ClN3O7S. The van der Waals surface area contributed by atoms with E-state index in [2.05, 4.69) is 23.2 Å². The van der Waals surface area contributed by atoms with Crippen molar-refractivity contribution in [3.63, 3.8) is 0 Å². The summed E-state index contributed by atoms with van der Waals surface area (Å²) in [4.78, 5) is 48.4. The van der Waals surface area contributed by atoms with Gasteiger partial charge in [-0.25, -0.2) is 0 Å². The highest BCUT2D eigenvalue weighted by Crippen LogP contribution is 2.40. The van der Waals surface area contributed by atoms with Crippen LogP contribution < -0.4 is 16.2 Å². The fraction of sp³-hybridized carbons (Fsp3) is 0.280. The van der Waals surface area contributed by atoms with Crippen LogP contribution in [0.1, 0.15) is 24.2 Å². The third kappa shape index (κ3) is 6.89. The van der Waals surface area contributed by atoms with Crippen LogP contribution in [0.25, 0.3) is 0 Å². The first-order valence-electron chi connectivity index (χ1n) is 11.2. The molecule has 3 atom stereocenters. The van der Waals surface area contributed by atoms with Crippen molar-refractivity contribution in [3.05, 3.63) is 82.0 Å². The average Bonchev–Trinajstić information content (AvgIpc) is 2.89. The topological polar surface area (TPSA) is 164 Å². The van der Waals surface area contributed by atoms with Crippen LogP contribution in [-0.4, -0.2) is 57.5 Å². The number of carboxylic acid groups (broad SMARTS) is 1. The van der Waals surface area contributed by atoms with Gasteiger partial charge >= 0.3 is 5.97 Å². The van der Waals surface area contributed by atoms with Crippen LogP contribution in [0.3, 0.4) is 0 Å². The number of fused-ring (bicyclic) bond motifs is 1. The van der Waals surface area contributed by atoms with Gasteiger partial charge in [-0.3, -0.25) is 19.3 Å². The number of aliphatic hydroxyl groups is 1. The number of quaternary nitrogens is 1. The molecule has 2 aliphatic rings. The SMILES string of the molecule is CC(=O)OCC1=C(C(=O)[O-])N2C(=O)[C@H](NC(=O)C(O)c3cccc(Cl)c3)[C@H]2SC1.[NH3+]Cc1ccccc1. The monoisotopic (exact) mass is 547 g/mol. The molecule has 2 amide bonds. The average molecular weight is 548 g/mol. The van der Waals surface area contributed by atoms with E-state index >= 15 is 0 Å². The summed E-state index contributed by atoms with van der Waals surface area (Å²) in [6.07, 6.45) is -1.54. The number of hydrogen-bond acceptors (Lipinski definition) is 8. The van der Waals surface area contributed by atoms with Gasteiger partial charge in [-0.15, -0.1) is 11.8 Å². The number of carbonyl (C=O) groups excluding carboxylic acids is 4. The lowest BCUT2D eigenvalue weighted by molar-refractivity contribution is -0.386. The molecule has 2 aliphatic heterocycles. The Morgan fingerprint density at radius 3 is 2.51 bits per heavy atom. The van der Waals surface area contributed by atoms with Crippen LogP contribution in [0.15, 0.2) is 65.9 Å². The zero-order chi connectivity index (χ0) is 27.1. The van der Waals surface area contributed by atoms with Crippen LogP contribution >= 0.6 is 23.4 Å². The van der Waals surface area contributed by atoms with E-state index in [0.29, 0.717) is 5.02 Å². The lowest BCUT2D eigenvalue weighted by Crippen LogP contribution is -2.71. The molecule has 0 spiro atoms. The standard InChI is InChI=1S/C18H17ClN2O7S.C7H9N/c1-8(22)28-6-10-7-29-17-12(16(25)21(17)13(10)18(26)27)20-15(24)14(23)9-3-2-4-11(19)5-9;8-6-7-4-2-1-3-5-7/h2-5,12,14,17,23H,6-7H2,1H3,(H,20,24)(H,26,27);1-5H,6,8H2/t12-,14?,17+;/m0./s1. The summed E-state index contributed by atoms with van der Waals surface area (Å²) in [6.45, 7) is 1.80. The molecule has 0 radical (unpaired) electrons. The first-order chi connectivity index (χ1) is 17.6. The fourth-order valence-electron chi connectivity index (χ4n) is 3.68. The Labute approximate surface area is 222 Å². The van der Waals surface area contributed by atoms with Crippen molar-refractivity contribution in [1.29, 1.82) is 0 Å². The van der Waals surface area contributed by atoms with Crippen LogP contribution in [0.5, 0.6) is 0 Å². The Kier molecular flexibility index (Phi) is 9.70. The molecule has 1 fully saturated rings. The van der Waals surface area contributed by atoms with Crippen molar-refractivity contribution in [2.24, 2.45) is 0 Å². The maximum atomic E-state index is 12.5. The molecule has 0 aromatic heterocycles. The van der Waals surface area contributed by atoms with Crippen LogP contribution in [0.4, 0.5) is 0 Å². The second-order valence-electron chi connectivity index (χ2n) is 8.11. The second kappa shape index (κ2) is 12.7. The van der Waals surface area contributed by atoms with Gasteiger partial charge in [0.25, 0.3) is 11.8 Å². The normalized spacial score (nSPS) is 19.0. The third-order valence-electron chi connectivity index (χ3n) is 5.53. The molecule has 2 aromatic carbocycles. The van der Waals surface area contributed by atoms with E-state index in [1.165, 1.54) is 36.4 Å². The van der Waals surface area contributed by atoms with Gasteiger partial charge in [-0.1, -0.05) is 54.1 Å². The van der Waals surface area contributed by atoms with Gasteiger partial charge in [0.15, 0.2) is 6.10 Å². The smallest absolute Gasteiger partial charge is 0.302 e. The maximum Gasteiger partial charge on any atom is 0.302 e. The number of carbonyl (C=O) groups is 4. The molecule has 0 aliphatic carbocycles. The van der Waals surface area contributed by atoms with E-state index in [-0.39, 0.29) is 29.2 Å². The Morgan fingerprint density at radius 1 is 1.24 bits per heavy atom. The summed E-state index contributed by atoms with van der Waals surface area (Å²) in [5, 5.41) is 23.9. The molecule has 2 heterocycles. The lowest BCUT2D eigenvalue weighted by Gasteiger charge is -2.50. The number of amides is 2. The first-order valence-corrected chi connectivity index (χ1v) is 12.6. The van der Waals surface area contributed by atoms with Crippen molar-refractivity contribution in [2.75, 3.05) is 12.4 Å². The zero-order valence-electron chi connectivity index (χ0n) is 19.9. The minimum atomic E-state index is -1.57. The molecule has 12 heteroatoms. The molecule has 10 nitrogen and oxygen atoms in total. The largest absolute Gasteiger partial charge is 0.543 e. The van der Waals surface area contributed by atoms with Crippen LogP contribution in [0, 0.1) is 0 Å². The van der Waals surface area contributed by atoms with Gasteiger partial charge in [0, 0.05) is 28.8 Å². The highest BCUT2D eigenvalue weighted by molar-refractivity contribution is 8.00. The van der Waals surface area contributed by atoms with Gasteiger partial charge in [0.2, 0.25) is 0 Å². The highest BCUT2D eigenvalue weighted by atomic mass is 35.5. The van der Waals surface area contributed by atoms with Crippen molar-refractivity contribution in [3.8, 4) is 0 Å². The Bertz CT molecular complexity index is 1210. The molecule has 1 unspecified atom stereocenters. The van der Waals surface area contributed by atoms with E-state index < -0.39 is 41.3 Å². The number of halogens is 1. The predicted molar refractivity (Wildman–Crippen MR) is 133 cm³/mol. The number of aliphatic carboxylic acids is 1. The number of β-lactam (4-membered cyclic amide) rings is 1. The minimum absolute atomic E-state index is 0.175. The number of rotatable bonds is 7. The molecule has 0 saturated carbocycles. The molecule has 0 bridgehead atoms. The van der Waals surface area contributed by atoms with Crippen molar-refractivity contribution in [1.82, 2.24) is 10.2 Å². The summed E-state index contributed by atoms with van der Waals surface area (Å²) in [7, 11) is 0. The summed E-state index contributed by atoms with van der Waals surface area (Å²) < 4.78 is 4.83. The minimum Gasteiger partial charge on any atom is -0.543 e. The third-order valence-corrected chi connectivity index (χ3v) is 7.11. The molecule has 1 saturated heterocycles. The molecular weight excluding hydrogens is 522 g/mol. The number of benzene rings is 2. The van der Waals surface area contributed by atoms with E-state index in [1.54, 1.807) is 12.1 Å². The number of nitrogens with zero attached hydrogens (tertiary/aromatic N) is 1. The summed E-state index contributed by atoms with van der Waals surface area (Å²) in [5.41, 5.74) is 5.19. The van der Waals surface area contributed by atoms with Gasteiger partial charge in [-0.05, 0) is 17.7 Å². The zero-order valence-corrected chi connectivity index (χ0v) is 21.5.